The molecule has 0 radical (unpaired) electrons. The SMILES string of the molecule is C\C=C/C=C\C=C\C1CC1N(C=O)CC1CN(C2(CC#N)CCNCC2)C1. The number of nitriles is 1. The quantitative estimate of drug-likeness (QED) is 0.502. The third-order valence-electron chi connectivity index (χ3n) is 6.29. The average molecular weight is 369 g/mol. The Morgan fingerprint density at radius 1 is 1.22 bits per heavy atom. The highest BCUT2D eigenvalue weighted by Crippen LogP contribution is 2.39. The van der Waals surface area contributed by atoms with Crippen molar-refractivity contribution in [2.45, 2.75) is 44.2 Å². The van der Waals surface area contributed by atoms with E-state index in [0.29, 0.717) is 24.3 Å². The van der Waals surface area contributed by atoms with E-state index in [4.69, 9.17) is 0 Å². The summed E-state index contributed by atoms with van der Waals surface area (Å²) < 4.78 is 0. The number of likely N-dealkylation sites (tertiary alicyclic amines) is 1. The molecule has 1 saturated carbocycles. The van der Waals surface area contributed by atoms with Crippen molar-refractivity contribution >= 4 is 6.41 Å². The third-order valence-corrected chi connectivity index (χ3v) is 6.29. The van der Waals surface area contributed by atoms with E-state index in [1.807, 2.05) is 36.1 Å². The molecule has 2 saturated heterocycles. The zero-order valence-corrected chi connectivity index (χ0v) is 16.4. The first kappa shape index (κ1) is 19.9. The number of amides is 1. The Bertz CT molecular complexity index is 621. The summed E-state index contributed by atoms with van der Waals surface area (Å²) in [6.07, 6.45) is 17.2. The van der Waals surface area contributed by atoms with Gasteiger partial charge in [0, 0.05) is 37.1 Å². The van der Waals surface area contributed by atoms with Gasteiger partial charge in [0.2, 0.25) is 6.41 Å². The fourth-order valence-electron chi connectivity index (χ4n) is 4.51. The van der Waals surface area contributed by atoms with E-state index < -0.39 is 0 Å². The molecule has 0 aromatic carbocycles. The molecule has 2 heterocycles. The lowest BCUT2D eigenvalue weighted by Crippen LogP contribution is -2.64. The van der Waals surface area contributed by atoms with Crippen molar-refractivity contribution in [2.24, 2.45) is 11.8 Å². The summed E-state index contributed by atoms with van der Waals surface area (Å²) in [5.74, 6) is 1.04. The minimum atomic E-state index is 0.0621. The molecule has 0 bridgehead atoms. The number of nitrogens with zero attached hydrogens (tertiary/aromatic N) is 3. The van der Waals surface area contributed by atoms with E-state index in [-0.39, 0.29) is 5.54 Å². The molecule has 2 atom stereocenters. The van der Waals surface area contributed by atoms with E-state index in [9.17, 15) is 10.1 Å². The van der Waals surface area contributed by atoms with Gasteiger partial charge in [-0.2, -0.15) is 5.26 Å². The van der Waals surface area contributed by atoms with E-state index in [2.05, 4.69) is 28.4 Å². The van der Waals surface area contributed by atoms with Crippen molar-refractivity contribution in [3.8, 4) is 6.07 Å². The smallest absolute Gasteiger partial charge is 0.209 e. The molecule has 2 aliphatic heterocycles. The maximum Gasteiger partial charge on any atom is 0.209 e. The Kier molecular flexibility index (Phi) is 6.87. The van der Waals surface area contributed by atoms with Gasteiger partial charge < -0.3 is 10.2 Å². The minimum absolute atomic E-state index is 0.0621. The molecule has 5 heteroatoms. The van der Waals surface area contributed by atoms with Gasteiger partial charge in [-0.05, 0) is 45.2 Å². The number of nitrogens with one attached hydrogen (secondary N) is 1. The Balaban J connectivity index is 1.45. The van der Waals surface area contributed by atoms with Crippen molar-refractivity contribution < 1.29 is 4.79 Å². The second kappa shape index (κ2) is 9.34. The Morgan fingerprint density at radius 2 is 1.96 bits per heavy atom. The normalized spacial score (nSPS) is 28.4. The van der Waals surface area contributed by atoms with Crippen molar-refractivity contribution in [3.05, 3.63) is 36.5 Å². The predicted molar refractivity (Wildman–Crippen MR) is 108 cm³/mol. The number of carbonyl (C=O) groups is 1. The fraction of sp³-hybridized carbons (Fsp3) is 0.636. The molecule has 2 unspecified atom stereocenters. The monoisotopic (exact) mass is 368 g/mol. The first-order chi connectivity index (χ1) is 13.2. The van der Waals surface area contributed by atoms with Crippen LogP contribution in [0.5, 0.6) is 0 Å². The lowest BCUT2D eigenvalue weighted by atomic mass is 9.79. The molecule has 3 fully saturated rings. The largest absolute Gasteiger partial charge is 0.341 e. The van der Waals surface area contributed by atoms with Crippen LogP contribution in [0.1, 0.15) is 32.6 Å². The standard InChI is InChI=1S/C22H32N4O/c1-2-3-4-5-6-7-20-14-21(20)25(18-27)15-19-16-26(17-19)22(8-11-23)9-12-24-13-10-22/h2-7,18-21,24H,8-10,12-17H2,1H3/b3-2-,5-4-,7-6+. The molecule has 1 N–H and O–H groups in total. The number of rotatable bonds is 9. The van der Waals surface area contributed by atoms with Crippen LogP contribution in [-0.4, -0.2) is 60.5 Å². The molecular formula is C22H32N4O. The molecule has 0 spiro atoms. The Labute approximate surface area is 163 Å². The molecule has 3 aliphatic rings. The second-order valence-corrected chi connectivity index (χ2v) is 8.14. The Morgan fingerprint density at radius 3 is 2.63 bits per heavy atom. The molecule has 1 amide bonds. The van der Waals surface area contributed by atoms with E-state index in [1.54, 1.807) is 0 Å². The first-order valence-electron chi connectivity index (χ1n) is 10.2. The van der Waals surface area contributed by atoms with Crippen LogP contribution < -0.4 is 5.32 Å². The van der Waals surface area contributed by atoms with E-state index in [1.165, 1.54) is 0 Å². The summed E-state index contributed by atoms with van der Waals surface area (Å²) in [6.45, 7) is 6.90. The summed E-state index contributed by atoms with van der Waals surface area (Å²) >= 11 is 0. The molecule has 0 aromatic heterocycles. The highest BCUT2D eigenvalue weighted by atomic mass is 16.1. The van der Waals surface area contributed by atoms with Crippen LogP contribution in [-0.2, 0) is 4.79 Å². The van der Waals surface area contributed by atoms with Gasteiger partial charge >= 0.3 is 0 Å². The topological polar surface area (TPSA) is 59.4 Å². The van der Waals surface area contributed by atoms with Gasteiger partial charge in [-0.1, -0.05) is 36.5 Å². The molecule has 0 aromatic rings. The third kappa shape index (κ3) is 4.88. The maximum absolute atomic E-state index is 11.6. The van der Waals surface area contributed by atoms with E-state index >= 15 is 0 Å². The Hall–Kier alpha value is -1.90. The van der Waals surface area contributed by atoms with Crippen molar-refractivity contribution in [3.63, 3.8) is 0 Å². The molecular weight excluding hydrogens is 336 g/mol. The minimum Gasteiger partial charge on any atom is -0.341 e. The molecule has 27 heavy (non-hydrogen) atoms. The predicted octanol–water partition coefficient (Wildman–Crippen LogP) is 2.49. The van der Waals surface area contributed by atoms with Crippen molar-refractivity contribution in [1.29, 1.82) is 5.26 Å². The number of piperidine rings is 1. The highest BCUT2D eigenvalue weighted by molar-refractivity contribution is 5.49. The van der Waals surface area contributed by atoms with Crippen LogP contribution in [0.3, 0.4) is 0 Å². The van der Waals surface area contributed by atoms with Gasteiger partial charge in [-0.15, -0.1) is 0 Å². The van der Waals surface area contributed by atoms with Crippen molar-refractivity contribution in [2.75, 3.05) is 32.7 Å². The number of hydrogen-bond donors (Lipinski definition) is 1. The van der Waals surface area contributed by atoms with Crippen LogP contribution in [0.4, 0.5) is 0 Å². The molecule has 146 valence electrons. The fourth-order valence-corrected chi connectivity index (χ4v) is 4.51. The summed E-state index contributed by atoms with van der Waals surface area (Å²) in [7, 11) is 0. The van der Waals surface area contributed by atoms with Crippen LogP contribution in [0.2, 0.25) is 0 Å². The van der Waals surface area contributed by atoms with Gasteiger partial charge in [0.1, 0.15) is 0 Å². The van der Waals surface area contributed by atoms with Crippen LogP contribution in [0.15, 0.2) is 36.5 Å². The van der Waals surface area contributed by atoms with Crippen molar-refractivity contribution in [1.82, 2.24) is 15.1 Å². The molecule has 5 nitrogen and oxygen atoms in total. The van der Waals surface area contributed by atoms with Gasteiger partial charge in [0.25, 0.3) is 0 Å². The first-order valence-corrected chi connectivity index (χ1v) is 10.2. The van der Waals surface area contributed by atoms with Gasteiger partial charge in [0.15, 0.2) is 0 Å². The number of hydrogen-bond acceptors (Lipinski definition) is 4. The lowest BCUT2D eigenvalue weighted by molar-refractivity contribution is -0.121. The summed E-state index contributed by atoms with van der Waals surface area (Å²) in [5.41, 5.74) is 0.0621. The highest BCUT2D eigenvalue weighted by Gasteiger charge is 2.46. The summed E-state index contributed by atoms with van der Waals surface area (Å²) in [4.78, 5) is 16.1. The maximum atomic E-state index is 11.6. The van der Waals surface area contributed by atoms with E-state index in [0.717, 1.165) is 58.4 Å². The number of allylic oxidation sites excluding steroid dienone is 5. The van der Waals surface area contributed by atoms with Crippen LogP contribution >= 0.6 is 0 Å². The van der Waals surface area contributed by atoms with Gasteiger partial charge in [-0.3, -0.25) is 9.69 Å². The summed E-state index contributed by atoms with van der Waals surface area (Å²) in [6, 6.07) is 2.78. The second-order valence-electron chi connectivity index (χ2n) is 8.14. The summed E-state index contributed by atoms with van der Waals surface area (Å²) in [5, 5.41) is 12.7. The van der Waals surface area contributed by atoms with Gasteiger partial charge in [0.05, 0.1) is 12.5 Å². The lowest BCUT2D eigenvalue weighted by Gasteiger charge is -2.54. The van der Waals surface area contributed by atoms with Crippen LogP contribution in [0.25, 0.3) is 0 Å². The van der Waals surface area contributed by atoms with Crippen LogP contribution in [0, 0.1) is 23.2 Å². The molecule has 1 aliphatic carbocycles. The van der Waals surface area contributed by atoms with Gasteiger partial charge in [-0.25, -0.2) is 0 Å². The molecule has 3 rings (SSSR count). The average Bonchev–Trinajstić information content (AvgIpc) is 3.41. The zero-order valence-electron chi connectivity index (χ0n) is 16.4. The number of carbonyl (C=O) groups excluding carboxylic acids is 1. The zero-order chi connectivity index (χ0) is 19.1.